The maximum atomic E-state index is 12.5. The number of ether oxygens (including phenoxy) is 1. The molecule has 1 saturated heterocycles. The van der Waals surface area contributed by atoms with Gasteiger partial charge >= 0.3 is 0 Å². The Balaban J connectivity index is 1.39. The van der Waals surface area contributed by atoms with Gasteiger partial charge < -0.3 is 15.0 Å². The number of nitrogens with one attached hydrogen (secondary N) is 1. The molecule has 0 radical (unpaired) electrons. The summed E-state index contributed by atoms with van der Waals surface area (Å²) in [4.78, 5) is 28.8. The van der Waals surface area contributed by atoms with Crippen LogP contribution in [0.25, 0.3) is 27.8 Å². The number of aromatic nitrogens is 5. The first-order chi connectivity index (χ1) is 17.0. The molecule has 3 atom stereocenters. The predicted octanol–water partition coefficient (Wildman–Crippen LogP) is 3.72. The first-order valence-corrected chi connectivity index (χ1v) is 12.3. The van der Waals surface area contributed by atoms with Crippen molar-refractivity contribution in [3.63, 3.8) is 0 Å². The van der Waals surface area contributed by atoms with E-state index in [0.29, 0.717) is 17.6 Å². The molecule has 0 unspecified atom stereocenters. The number of fused-ring (bicyclic) bond motifs is 2. The molecule has 1 saturated carbocycles. The lowest BCUT2D eigenvalue weighted by molar-refractivity contribution is -0.117. The molecule has 1 aliphatic heterocycles. The summed E-state index contributed by atoms with van der Waals surface area (Å²) in [5.41, 5.74) is 3.64. The predicted molar refractivity (Wildman–Crippen MR) is 134 cm³/mol. The molecular weight excluding hydrogens is 442 g/mol. The summed E-state index contributed by atoms with van der Waals surface area (Å²) in [6.07, 6.45) is 7.56. The van der Waals surface area contributed by atoms with Gasteiger partial charge in [0.2, 0.25) is 5.91 Å². The van der Waals surface area contributed by atoms with E-state index in [9.17, 15) is 4.79 Å². The molecule has 0 bridgehead atoms. The number of anilines is 2. The van der Waals surface area contributed by atoms with E-state index in [2.05, 4.69) is 47.0 Å². The van der Waals surface area contributed by atoms with Gasteiger partial charge in [0.15, 0.2) is 11.5 Å². The monoisotopic (exact) mass is 471 g/mol. The van der Waals surface area contributed by atoms with Crippen LogP contribution in [0.1, 0.15) is 32.9 Å². The summed E-state index contributed by atoms with van der Waals surface area (Å²) < 4.78 is 7.50. The minimum Gasteiger partial charge on any atom is -0.375 e. The van der Waals surface area contributed by atoms with Gasteiger partial charge in [0, 0.05) is 53.4 Å². The third kappa shape index (κ3) is 4.10. The fourth-order valence-corrected chi connectivity index (χ4v) is 4.85. The molecule has 1 aliphatic carbocycles. The Labute approximate surface area is 203 Å². The van der Waals surface area contributed by atoms with Gasteiger partial charge in [0.1, 0.15) is 5.82 Å². The molecular formula is C26H29N7O2. The van der Waals surface area contributed by atoms with E-state index in [-0.39, 0.29) is 17.9 Å². The number of morpholine rings is 1. The number of amides is 1. The summed E-state index contributed by atoms with van der Waals surface area (Å²) in [6.45, 7) is 8.67. The first kappa shape index (κ1) is 21.9. The molecule has 2 aliphatic rings. The van der Waals surface area contributed by atoms with E-state index in [1.165, 1.54) is 0 Å². The van der Waals surface area contributed by atoms with E-state index in [1.807, 2.05) is 29.0 Å². The topological polar surface area (TPSA) is 97.5 Å². The maximum Gasteiger partial charge on any atom is 0.228 e. The summed E-state index contributed by atoms with van der Waals surface area (Å²) in [6, 6.07) is 5.99. The molecule has 180 valence electrons. The van der Waals surface area contributed by atoms with Gasteiger partial charge in [-0.3, -0.25) is 9.78 Å². The molecule has 9 heteroatoms. The number of hydrogen-bond acceptors (Lipinski definition) is 7. The normalized spacial score (nSPS) is 22.0. The Hall–Kier alpha value is -3.59. The van der Waals surface area contributed by atoms with Crippen LogP contribution in [0.2, 0.25) is 0 Å². The van der Waals surface area contributed by atoms with E-state index in [0.717, 1.165) is 65.9 Å². The summed E-state index contributed by atoms with van der Waals surface area (Å²) >= 11 is 0. The highest BCUT2D eigenvalue weighted by Gasteiger charge is 2.39. The fraction of sp³-hybridized carbons (Fsp3) is 0.423. The van der Waals surface area contributed by atoms with Gasteiger partial charge in [-0.1, -0.05) is 13.8 Å². The second-order valence-corrected chi connectivity index (χ2v) is 9.65. The van der Waals surface area contributed by atoms with Gasteiger partial charge in [0.05, 0.1) is 24.6 Å². The van der Waals surface area contributed by atoms with Crippen molar-refractivity contribution in [1.82, 2.24) is 24.6 Å². The molecule has 35 heavy (non-hydrogen) atoms. The molecule has 0 aromatic carbocycles. The number of carbonyl (C=O) groups excluding carboxylic acids is 1. The van der Waals surface area contributed by atoms with Gasteiger partial charge in [-0.25, -0.2) is 14.5 Å². The third-order valence-electron chi connectivity index (χ3n) is 7.05. The van der Waals surface area contributed by atoms with Crippen LogP contribution in [0.4, 0.5) is 11.5 Å². The van der Waals surface area contributed by atoms with Gasteiger partial charge in [-0.2, -0.15) is 0 Å². The van der Waals surface area contributed by atoms with Crippen LogP contribution in [0.15, 0.2) is 36.8 Å². The zero-order valence-corrected chi connectivity index (χ0v) is 20.2. The highest BCUT2D eigenvalue weighted by Crippen LogP contribution is 2.38. The van der Waals surface area contributed by atoms with Crippen molar-refractivity contribution < 1.29 is 9.53 Å². The molecule has 1 N–H and O–H groups in total. The number of carbonyl (C=O) groups is 1. The van der Waals surface area contributed by atoms with Crippen LogP contribution in [0.3, 0.4) is 0 Å². The van der Waals surface area contributed by atoms with Gasteiger partial charge in [-0.15, -0.1) is 5.10 Å². The number of hydrogen-bond donors (Lipinski definition) is 1. The van der Waals surface area contributed by atoms with Crippen molar-refractivity contribution in [2.45, 2.75) is 39.7 Å². The maximum absolute atomic E-state index is 12.5. The minimum absolute atomic E-state index is 0.0338. The highest BCUT2D eigenvalue weighted by atomic mass is 16.5. The Morgan fingerprint density at radius 2 is 2.06 bits per heavy atom. The van der Waals surface area contributed by atoms with Crippen molar-refractivity contribution in [3.05, 3.63) is 42.5 Å². The molecule has 2 fully saturated rings. The second-order valence-electron chi connectivity index (χ2n) is 9.65. The highest BCUT2D eigenvalue weighted by molar-refractivity contribution is 6.00. The lowest BCUT2D eigenvalue weighted by Crippen LogP contribution is -2.41. The molecule has 4 aromatic heterocycles. The van der Waals surface area contributed by atoms with E-state index >= 15 is 0 Å². The van der Waals surface area contributed by atoms with Gasteiger partial charge in [-0.05, 0) is 43.9 Å². The summed E-state index contributed by atoms with van der Waals surface area (Å²) in [5.74, 6) is 1.70. The number of nitrogens with zero attached hydrogens (tertiary/aromatic N) is 6. The first-order valence-electron chi connectivity index (χ1n) is 12.3. The van der Waals surface area contributed by atoms with Crippen LogP contribution in [-0.4, -0.2) is 56.3 Å². The Morgan fingerprint density at radius 3 is 2.83 bits per heavy atom. The Kier molecular flexibility index (Phi) is 5.36. The van der Waals surface area contributed by atoms with E-state index in [1.54, 1.807) is 6.20 Å². The molecule has 1 amide bonds. The van der Waals surface area contributed by atoms with Crippen LogP contribution in [-0.2, 0) is 16.0 Å². The lowest BCUT2D eigenvalue weighted by atomic mass is 10.1. The third-order valence-corrected chi connectivity index (χ3v) is 7.05. The fourth-order valence-electron chi connectivity index (χ4n) is 4.85. The van der Waals surface area contributed by atoms with Crippen molar-refractivity contribution in [2.24, 2.45) is 11.8 Å². The zero-order chi connectivity index (χ0) is 24.1. The minimum atomic E-state index is 0.0338. The molecule has 9 nitrogen and oxygen atoms in total. The van der Waals surface area contributed by atoms with Crippen LogP contribution in [0.5, 0.6) is 0 Å². The van der Waals surface area contributed by atoms with Gasteiger partial charge in [0.25, 0.3) is 0 Å². The van der Waals surface area contributed by atoms with E-state index < -0.39 is 0 Å². The molecule has 4 aromatic rings. The molecule has 6 rings (SSSR count). The standard InChI is InChI=1S/C26H29N7O2/c1-4-22-20-11-28-23(29-26(34)18-9-15(18)2)10-19(20)21(12-27-22)25-30-24-6-5-17(14-33(24)31-25)32-7-8-35-16(3)13-32/h5-6,10-12,14-16,18H,4,7-9,13H2,1-3H3,(H,28,29,34)/t15-,16-,18+/m1/s1. The average Bonchev–Trinajstić information content (AvgIpc) is 3.45. The quantitative estimate of drug-likeness (QED) is 0.474. The SMILES string of the molecule is CCc1ncc(-c2nc3ccc(N4CCO[C@H](C)C4)cn3n2)c2cc(NC(=O)[C@H]3C[C@H]3C)ncc12. The molecule has 5 heterocycles. The summed E-state index contributed by atoms with van der Waals surface area (Å²) in [5, 5.41) is 9.67. The summed E-state index contributed by atoms with van der Waals surface area (Å²) in [7, 11) is 0. The average molecular weight is 472 g/mol. The Morgan fingerprint density at radius 1 is 1.20 bits per heavy atom. The van der Waals surface area contributed by atoms with Crippen molar-refractivity contribution in [1.29, 1.82) is 0 Å². The largest absolute Gasteiger partial charge is 0.375 e. The zero-order valence-electron chi connectivity index (χ0n) is 20.2. The second kappa shape index (κ2) is 8.57. The number of rotatable bonds is 5. The molecule has 0 spiro atoms. The van der Waals surface area contributed by atoms with Crippen LogP contribution < -0.4 is 10.2 Å². The van der Waals surface area contributed by atoms with Crippen LogP contribution >= 0.6 is 0 Å². The van der Waals surface area contributed by atoms with Crippen molar-refractivity contribution in [2.75, 3.05) is 29.9 Å². The Bertz CT molecular complexity index is 1430. The lowest BCUT2D eigenvalue weighted by Gasteiger charge is -2.32. The van der Waals surface area contributed by atoms with Crippen molar-refractivity contribution in [3.8, 4) is 11.4 Å². The smallest absolute Gasteiger partial charge is 0.228 e. The van der Waals surface area contributed by atoms with Crippen molar-refractivity contribution >= 4 is 33.8 Å². The number of aryl methyl sites for hydroxylation is 1. The number of pyridine rings is 3. The van der Waals surface area contributed by atoms with E-state index in [4.69, 9.17) is 14.8 Å². The van der Waals surface area contributed by atoms with Crippen LogP contribution in [0, 0.1) is 11.8 Å².